The quantitative estimate of drug-likeness (QED) is 0.771. The van der Waals surface area contributed by atoms with Crippen LogP contribution in [0.4, 0.5) is 0 Å². The molecule has 0 bridgehead atoms. The van der Waals surface area contributed by atoms with Crippen LogP contribution >= 0.6 is 11.6 Å². The Morgan fingerprint density at radius 3 is 2.67 bits per heavy atom. The van der Waals surface area contributed by atoms with Crippen LogP contribution in [0.15, 0.2) is 48.0 Å². The summed E-state index contributed by atoms with van der Waals surface area (Å²) < 4.78 is 5.62. The topological polar surface area (TPSA) is 26.3 Å². The van der Waals surface area contributed by atoms with E-state index in [4.69, 9.17) is 16.3 Å². The van der Waals surface area contributed by atoms with Crippen molar-refractivity contribution in [2.45, 2.75) is 6.92 Å². The zero-order chi connectivity index (χ0) is 13.1. The lowest BCUT2D eigenvalue weighted by Crippen LogP contribution is -2.03. The maximum atomic E-state index is 11.6. The van der Waals surface area contributed by atoms with E-state index in [1.165, 1.54) is 6.92 Å². The van der Waals surface area contributed by atoms with Crippen molar-refractivity contribution in [1.82, 2.24) is 0 Å². The summed E-state index contributed by atoms with van der Waals surface area (Å²) in [5.41, 5.74) is 0.562. The van der Waals surface area contributed by atoms with Crippen LogP contribution in [0, 0.1) is 0 Å². The van der Waals surface area contributed by atoms with Crippen molar-refractivity contribution >= 4 is 28.2 Å². The highest BCUT2D eigenvalue weighted by Gasteiger charge is 2.12. The SMILES string of the molecule is C=C(Cl)COc1c(C(C)=O)ccc2ccccc12. The highest BCUT2D eigenvalue weighted by Crippen LogP contribution is 2.30. The molecule has 0 aliphatic rings. The predicted octanol–water partition coefficient (Wildman–Crippen LogP) is 4.17. The number of hydrogen-bond donors (Lipinski definition) is 0. The first-order chi connectivity index (χ1) is 8.59. The van der Waals surface area contributed by atoms with Crippen molar-refractivity contribution in [2.24, 2.45) is 0 Å². The van der Waals surface area contributed by atoms with Crippen LogP contribution in [0.1, 0.15) is 17.3 Å². The van der Waals surface area contributed by atoms with E-state index < -0.39 is 0 Å². The molecule has 0 saturated heterocycles. The van der Waals surface area contributed by atoms with Crippen LogP contribution < -0.4 is 4.74 Å². The third kappa shape index (κ3) is 2.54. The van der Waals surface area contributed by atoms with Gasteiger partial charge in [-0.2, -0.15) is 0 Å². The highest BCUT2D eigenvalue weighted by atomic mass is 35.5. The van der Waals surface area contributed by atoms with E-state index in [0.29, 0.717) is 16.3 Å². The molecular formula is C15H13ClO2. The van der Waals surface area contributed by atoms with Gasteiger partial charge in [0.25, 0.3) is 0 Å². The molecule has 0 saturated carbocycles. The fourth-order valence-electron chi connectivity index (χ4n) is 1.83. The van der Waals surface area contributed by atoms with Gasteiger partial charge in [0.2, 0.25) is 0 Å². The number of halogens is 1. The minimum atomic E-state index is -0.0315. The first kappa shape index (κ1) is 12.7. The average Bonchev–Trinajstić information content (AvgIpc) is 2.35. The molecular weight excluding hydrogens is 248 g/mol. The Morgan fingerprint density at radius 1 is 1.28 bits per heavy atom. The fourth-order valence-corrected chi connectivity index (χ4v) is 1.88. The second-order valence-electron chi connectivity index (χ2n) is 4.03. The summed E-state index contributed by atoms with van der Waals surface area (Å²) in [5, 5.41) is 2.33. The van der Waals surface area contributed by atoms with Gasteiger partial charge in [-0.05, 0) is 18.4 Å². The summed E-state index contributed by atoms with van der Waals surface area (Å²) in [5.74, 6) is 0.540. The Labute approximate surface area is 111 Å². The van der Waals surface area contributed by atoms with E-state index in [2.05, 4.69) is 6.58 Å². The first-order valence-corrected chi connectivity index (χ1v) is 5.96. The largest absolute Gasteiger partial charge is 0.487 e. The molecule has 92 valence electrons. The van der Waals surface area contributed by atoms with Gasteiger partial charge in [-0.25, -0.2) is 0 Å². The van der Waals surface area contributed by atoms with Crippen molar-refractivity contribution in [3.05, 3.63) is 53.6 Å². The van der Waals surface area contributed by atoms with Crippen molar-refractivity contribution in [2.75, 3.05) is 6.61 Å². The molecule has 2 rings (SSSR count). The minimum Gasteiger partial charge on any atom is -0.487 e. The average molecular weight is 261 g/mol. The van der Waals surface area contributed by atoms with Crippen LogP contribution in [0.2, 0.25) is 0 Å². The number of fused-ring (bicyclic) bond motifs is 1. The molecule has 0 fully saturated rings. The van der Waals surface area contributed by atoms with Gasteiger partial charge in [0.15, 0.2) is 5.78 Å². The van der Waals surface area contributed by atoms with E-state index in [9.17, 15) is 4.79 Å². The van der Waals surface area contributed by atoms with E-state index >= 15 is 0 Å². The van der Waals surface area contributed by atoms with E-state index in [0.717, 1.165) is 10.8 Å². The maximum Gasteiger partial charge on any atom is 0.163 e. The molecule has 0 N–H and O–H groups in total. The zero-order valence-electron chi connectivity index (χ0n) is 10.1. The van der Waals surface area contributed by atoms with E-state index in [1.54, 1.807) is 6.07 Å². The summed E-state index contributed by atoms with van der Waals surface area (Å²) >= 11 is 5.71. The molecule has 2 nitrogen and oxygen atoms in total. The van der Waals surface area contributed by atoms with Crippen molar-refractivity contribution in [1.29, 1.82) is 0 Å². The molecule has 18 heavy (non-hydrogen) atoms. The molecule has 0 aromatic heterocycles. The normalized spacial score (nSPS) is 10.3. The minimum absolute atomic E-state index is 0.0315. The molecule has 0 radical (unpaired) electrons. The molecule has 0 atom stereocenters. The van der Waals surface area contributed by atoms with Crippen LogP contribution in [-0.4, -0.2) is 12.4 Å². The number of rotatable bonds is 4. The molecule has 2 aromatic carbocycles. The van der Waals surface area contributed by atoms with E-state index in [-0.39, 0.29) is 12.4 Å². The lowest BCUT2D eigenvalue weighted by molar-refractivity contribution is 0.101. The van der Waals surface area contributed by atoms with Crippen molar-refractivity contribution in [3.8, 4) is 5.75 Å². The molecule has 0 spiro atoms. The summed E-state index contributed by atoms with van der Waals surface area (Å²) in [6.45, 7) is 5.29. The van der Waals surface area contributed by atoms with Gasteiger partial charge in [0.1, 0.15) is 12.4 Å². The third-order valence-corrected chi connectivity index (χ3v) is 2.74. The Morgan fingerprint density at radius 2 is 2.00 bits per heavy atom. The lowest BCUT2D eigenvalue weighted by atomic mass is 10.0. The summed E-state index contributed by atoms with van der Waals surface area (Å²) in [6, 6.07) is 11.4. The Kier molecular flexibility index (Phi) is 3.68. The molecule has 3 heteroatoms. The number of benzene rings is 2. The van der Waals surface area contributed by atoms with Gasteiger partial charge < -0.3 is 4.74 Å². The zero-order valence-corrected chi connectivity index (χ0v) is 10.8. The Hall–Kier alpha value is -1.80. The second kappa shape index (κ2) is 5.23. The summed E-state index contributed by atoms with van der Waals surface area (Å²) in [7, 11) is 0. The Balaban J connectivity index is 2.58. The molecule has 0 amide bonds. The summed E-state index contributed by atoms with van der Waals surface area (Å²) in [4.78, 5) is 11.6. The van der Waals surface area contributed by atoms with E-state index in [1.807, 2.05) is 30.3 Å². The Bertz CT molecular complexity index is 617. The predicted molar refractivity (Wildman–Crippen MR) is 74.4 cm³/mol. The van der Waals surface area contributed by atoms with Gasteiger partial charge in [0, 0.05) is 10.4 Å². The number of ketones is 1. The van der Waals surface area contributed by atoms with Gasteiger partial charge in [0.05, 0.1) is 5.56 Å². The summed E-state index contributed by atoms with van der Waals surface area (Å²) in [6.07, 6.45) is 0. The fraction of sp³-hybridized carbons (Fsp3) is 0.133. The first-order valence-electron chi connectivity index (χ1n) is 5.58. The van der Waals surface area contributed by atoms with Crippen LogP contribution in [0.3, 0.4) is 0 Å². The standard InChI is InChI=1S/C15H13ClO2/c1-10(16)9-18-15-13(11(2)17)8-7-12-5-3-4-6-14(12)15/h3-8H,1,9H2,2H3. The number of Topliss-reactive ketones (excluding diaryl/α,β-unsaturated/α-hetero) is 1. The van der Waals surface area contributed by atoms with Gasteiger partial charge in [-0.3, -0.25) is 4.79 Å². The lowest BCUT2D eigenvalue weighted by Gasteiger charge is -2.12. The van der Waals surface area contributed by atoms with Crippen LogP contribution in [0.5, 0.6) is 5.75 Å². The molecule has 0 unspecified atom stereocenters. The molecule has 0 aliphatic carbocycles. The number of hydrogen-bond acceptors (Lipinski definition) is 2. The van der Waals surface area contributed by atoms with Crippen LogP contribution in [-0.2, 0) is 0 Å². The molecule has 2 aromatic rings. The molecule has 0 aliphatic heterocycles. The monoisotopic (exact) mass is 260 g/mol. The third-order valence-electron chi connectivity index (χ3n) is 2.63. The maximum absolute atomic E-state index is 11.6. The number of carbonyl (C=O) groups is 1. The number of carbonyl (C=O) groups excluding carboxylic acids is 1. The van der Waals surface area contributed by atoms with Gasteiger partial charge in [-0.15, -0.1) is 0 Å². The van der Waals surface area contributed by atoms with Crippen LogP contribution in [0.25, 0.3) is 10.8 Å². The van der Waals surface area contributed by atoms with Gasteiger partial charge in [-0.1, -0.05) is 48.5 Å². The molecule has 0 heterocycles. The van der Waals surface area contributed by atoms with Gasteiger partial charge >= 0.3 is 0 Å². The number of ether oxygens (including phenoxy) is 1. The van der Waals surface area contributed by atoms with Crippen molar-refractivity contribution in [3.63, 3.8) is 0 Å². The smallest absolute Gasteiger partial charge is 0.163 e. The highest BCUT2D eigenvalue weighted by molar-refractivity contribution is 6.29. The second-order valence-corrected chi connectivity index (χ2v) is 4.56. The van der Waals surface area contributed by atoms with Crippen molar-refractivity contribution < 1.29 is 9.53 Å².